The van der Waals surface area contributed by atoms with Crippen LogP contribution < -0.4 is 16.8 Å². The first kappa shape index (κ1) is 15.8. The maximum Gasteiger partial charge on any atom is 0.0331 e. The Kier molecular flexibility index (Phi) is 5.13. The molecule has 0 spiro atoms. The van der Waals surface area contributed by atoms with Crippen molar-refractivity contribution in [2.75, 3.05) is 6.54 Å². The van der Waals surface area contributed by atoms with E-state index in [1.807, 2.05) is 0 Å². The van der Waals surface area contributed by atoms with E-state index < -0.39 is 0 Å². The van der Waals surface area contributed by atoms with Crippen LogP contribution in [-0.2, 0) is 13.1 Å². The smallest absolute Gasteiger partial charge is 0.0331 e. The fourth-order valence-corrected chi connectivity index (χ4v) is 4.27. The quantitative estimate of drug-likeness (QED) is 0.798. The molecule has 1 aromatic rings. The molecule has 112 valence electrons. The van der Waals surface area contributed by atoms with Gasteiger partial charge in [0.15, 0.2) is 0 Å². The standard InChI is InChI=1S/C16H27N3S/c1-16(2,3)20-14-7-15(19-10-14)11-4-5-12(8-17)13(6-11)9-18/h4-6,14-15,19H,7-10,17-18H2,1-3H3. The molecule has 2 unspecified atom stereocenters. The summed E-state index contributed by atoms with van der Waals surface area (Å²) in [6.45, 7) is 9.07. The Morgan fingerprint density at radius 3 is 2.50 bits per heavy atom. The Bertz CT molecular complexity index is 454. The third-order valence-corrected chi connectivity index (χ3v) is 5.08. The van der Waals surface area contributed by atoms with Gasteiger partial charge in [-0.1, -0.05) is 39.0 Å². The molecular weight excluding hydrogens is 266 g/mol. The lowest BCUT2D eigenvalue weighted by Gasteiger charge is -2.22. The molecule has 0 saturated carbocycles. The zero-order valence-electron chi connectivity index (χ0n) is 12.8. The van der Waals surface area contributed by atoms with E-state index in [4.69, 9.17) is 11.5 Å². The summed E-state index contributed by atoms with van der Waals surface area (Å²) in [6.07, 6.45) is 1.19. The van der Waals surface area contributed by atoms with Crippen LogP contribution in [0.1, 0.15) is 49.9 Å². The summed E-state index contributed by atoms with van der Waals surface area (Å²) in [7, 11) is 0. The monoisotopic (exact) mass is 293 g/mol. The Labute approximate surface area is 126 Å². The van der Waals surface area contributed by atoms with Crippen LogP contribution in [0, 0.1) is 0 Å². The number of nitrogens with one attached hydrogen (secondary N) is 1. The highest BCUT2D eigenvalue weighted by molar-refractivity contribution is 8.01. The van der Waals surface area contributed by atoms with Gasteiger partial charge in [0.2, 0.25) is 0 Å². The van der Waals surface area contributed by atoms with Crippen molar-refractivity contribution < 1.29 is 0 Å². The summed E-state index contributed by atoms with van der Waals surface area (Å²) in [5, 5.41) is 4.33. The normalized spacial score (nSPS) is 23.2. The number of hydrogen-bond acceptors (Lipinski definition) is 4. The van der Waals surface area contributed by atoms with Crippen molar-refractivity contribution >= 4 is 11.8 Å². The molecule has 1 aliphatic heterocycles. The molecule has 0 aromatic heterocycles. The van der Waals surface area contributed by atoms with Gasteiger partial charge in [-0.2, -0.15) is 11.8 Å². The van der Waals surface area contributed by atoms with Crippen LogP contribution in [0.3, 0.4) is 0 Å². The van der Waals surface area contributed by atoms with Crippen molar-refractivity contribution in [3.8, 4) is 0 Å². The Morgan fingerprint density at radius 1 is 1.20 bits per heavy atom. The third kappa shape index (κ3) is 3.98. The second-order valence-electron chi connectivity index (χ2n) is 6.49. The fraction of sp³-hybridized carbons (Fsp3) is 0.625. The molecule has 1 saturated heterocycles. The zero-order chi connectivity index (χ0) is 14.8. The summed E-state index contributed by atoms with van der Waals surface area (Å²) in [5.74, 6) is 0. The van der Waals surface area contributed by atoms with Crippen molar-refractivity contribution in [3.63, 3.8) is 0 Å². The van der Waals surface area contributed by atoms with Gasteiger partial charge in [0.1, 0.15) is 0 Å². The maximum atomic E-state index is 5.82. The Balaban J connectivity index is 2.06. The molecule has 3 nitrogen and oxygen atoms in total. The van der Waals surface area contributed by atoms with Gasteiger partial charge in [-0.3, -0.25) is 0 Å². The molecule has 5 N–H and O–H groups in total. The van der Waals surface area contributed by atoms with Crippen LogP contribution >= 0.6 is 11.8 Å². The summed E-state index contributed by atoms with van der Waals surface area (Å²) in [6, 6.07) is 7.00. The van der Waals surface area contributed by atoms with Gasteiger partial charge in [0, 0.05) is 35.7 Å². The predicted octanol–water partition coefficient (Wildman–Crippen LogP) is 2.54. The van der Waals surface area contributed by atoms with Crippen LogP contribution in [0.15, 0.2) is 18.2 Å². The summed E-state index contributed by atoms with van der Waals surface area (Å²) < 4.78 is 0.326. The average Bonchev–Trinajstić information content (AvgIpc) is 2.84. The number of hydrogen-bond donors (Lipinski definition) is 3. The predicted molar refractivity (Wildman–Crippen MR) is 88.7 cm³/mol. The van der Waals surface area contributed by atoms with Crippen LogP contribution in [0.2, 0.25) is 0 Å². The van der Waals surface area contributed by atoms with Gasteiger partial charge < -0.3 is 16.8 Å². The van der Waals surface area contributed by atoms with Crippen molar-refractivity contribution in [2.45, 2.75) is 56.3 Å². The minimum Gasteiger partial charge on any atom is -0.326 e. The molecule has 2 atom stereocenters. The zero-order valence-corrected chi connectivity index (χ0v) is 13.6. The topological polar surface area (TPSA) is 64.1 Å². The van der Waals surface area contributed by atoms with E-state index in [2.05, 4.69) is 56.0 Å². The molecule has 1 heterocycles. The molecule has 4 heteroatoms. The highest BCUT2D eigenvalue weighted by Gasteiger charge is 2.29. The van der Waals surface area contributed by atoms with Crippen molar-refractivity contribution in [1.82, 2.24) is 5.32 Å². The molecule has 2 rings (SSSR count). The lowest BCUT2D eigenvalue weighted by Crippen LogP contribution is -2.18. The molecule has 0 amide bonds. The van der Waals surface area contributed by atoms with Gasteiger partial charge >= 0.3 is 0 Å². The number of benzene rings is 1. The highest BCUT2D eigenvalue weighted by atomic mass is 32.2. The molecule has 0 bridgehead atoms. The molecule has 1 fully saturated rings. The van der Waals surface area contributed by atoms with E-state index in [1.165, 1.54) is 17.5 Å². The minimum atomic E-state index is 0.326. The van der Waals surface area contributed by atoms with E-state index in [9.17, 15) is 0 Å². The van der Waals surface area contributed by atoms with Crippen molar-refractivity contribution in [1.29, 1.82) is 0 Å². The lowest BCUT2D eigenvalue weighted by molar-refractivity contribution is 0.646. The number of thioether (sulfide) groups is 1. The summed E-state index contributed by atoms with van der Waals surface area (Å²) >= 11 is 2.07. The van der Waals surface area contributed by atoms with Gasteiger partial charge in [0.05, 0.1) is 0 Å². The second kappa shape index (κ2) is 6.48. The Hall–Kier alpha value is -0.550. The van der Waals surface area contributed by atoms with Crippen molar-refractivity contribution in [2.24, 2.45) is 11.5 Å². The van der Waals surface area contributed by atoms with Gasteiger partial charge in [0.25, 0.3) is 0 Å². The van der Waals surface area contributed by atoms with E-state index in [1.54, 1.807) is 0 Å². The number of rotatable bonds is 4. The van der Waals surface area contributed by atoms with Gasteiger partial charge in [-0.15, -0.1) is 0 Å². The Morgan fingerprint density at radius 2 is 1.90 bits per heavy atom. The minimum absolute atomic E-state index is 0.326. The van der Waals surface area contributed by atoms with Crippen LogP contribution in [0.25, 0.3) is 0 Å². The maximum absolute atomic E-state index is 5.82. The van der Waals surface area contributed by atoms with Crippen LogP contribution in [0.5, 0.6) is 0 Å². The molecule has 0 radical (unpaired) electrons. The first-order valence-corrected chi connectivity index (χ1v) is 8.24. The molecule has 1 aliphatic rings. The van der Waals surface area contributed by atoms with E-state index >= 15 is 0 Å². The van der Waals surface area contributed by atoms with Crippen LogP contribution in [-0.4, -0.2) is 16.5 Å². The fourth-order valence-electron chi connectivity index (χ4n) is 2.80. The molecule has 0 aliphatic carbocycles. The average molecular weight is 293 g/mol. The van der Waals surface area contributed by atoms with Gasteiger partial charge in [-0.25, -0.2) is 0 Å². The lowest BCUT2D eigenvalue weighted by atomic mass is 9.98. The van der Waals surface area contributed by atoms with Crippen LogP contribution in [0.4, 0.5) is 0 Å². The van der Waals surface area contributed by atoms with Gasteiger partial charge in [-0.05, 0) is 23.1 Å². The first-order chi connectivity index (χ1) is 9.43. The number of nitrogens with two attached hydrogens (primary N) is 2. The van der Waals surface area contributed by atoms with Crippen molar-refractivity contribution in [3.05, 3.63) is 34.9 Å². The first-order valence-electron chi connectivity index (χ1n) is 7.36. The highest BCUT2D eigenvalue weighted by Crippen LogP contribution is 2.36. The largest absolute Gasteiger partial charge is 0.326 e. The molecule has 1 aromatic carbocycles. The SMILES string of the molecule is CC(C)(C)SC1CNC(c2ccc(CN)c(CN)c2)C1. The van der Waals surface area contributed by atoms with E-state index in [0.717, 1.165) is 12.1 Å². The van der Waals surface area contributed by atoms with E-state index in [0.29, 0.717) is 29.1 Å². The molecular formula is C16H27N3S. The molecule has 20 heavy (non-hydrogen) atoms. The summed E-state index contributed by atoms with van der Waals surface area (Å²) in [5.41, 5.74) is 15.3. The second-order valence-corrected chi connectivity index (χ2v) is 8.61. The third-order valence-electron chi connectivity index (χ3n) is 3.68. The van der Waals surface area contributed by atoms with E-state index in [-0.39, 0.29) is 0 Å². The summed E-state index contributed by atoms with van der Waals surface area (Å²) in [4.78, 5) is 0.